The smallest absolute Gasteiger partial charge is 0.242 e. The van der Waals surface area contributed by atoms with Crippen molar-refractivity contribution in [1.82, 2.24) is 9.71 Å². The molecule has 0 atom stereocenters. The van der Waals surface area contributed by atoms with Crippen LogP contribution >= 0.6 is 23.2 Å². The van der Waals surface area contributed by atoms with Crippen LogP contribution in [-0.4, -0.2) is 19.9 Å². The van der Waals surface area contributed by atoms with Crippen LogP contribution in [0.15, 0.2) is 17.2 Å². The summed E-state index contributed by atoms with van der Waals surface area (Å²) in [5.74, 6) is 0. The first-order valence-electron chi connectivity index (χ1n) is 6.99. The number of hydrogen-bond acceptors (Lipinski definition) is 3. The molecule has 120 valence electrons. The molecule has 1 rings (SSSR count). The summed E-state index contributed by atoms with van der Waals surface area (Å²) in [6.07, 6.45) is 5.59. The third-order valence-corrected chi connectivity index (χ3v) is 5.33. The highest BCUT2D eigenvalue weighted by Crippen LogP contribution is 2.25. The Morgan fingerprint density at radius 2 is 1.95 bits per heavy atom. The van der Waals surface area contributed by atoms with Crippen molar-refractivity contribution in [2.75, 3.05) is 6.54 Å². The van der Waals surface area contributed by atoms with Gasteiger partial charge in [0.2, 0.25) is 10.0 Å². The zero-order chi connectivity index (χ0) is 16.1. The second-order valence-corrected chi connectivity index (χ2v) is 8.42. The van der Waals surface area contributed by atoms with Gasteiger partial charge in [-0.3, -0.25) is 0 Å². The summed E-state index contributed by atoms with van der Waals surface area (Å²) in [4.78, 5) is 3.79. The molecule has 0 spiro atoms. The van der Waals surface area contributed by atoms with Crippen LogP contribution in [0.5, 0.6) is 0 Å². The lowest BCUT2D eigenvalue weighted by Crippen LogP contribution is -2.34. The molecule has 1 aromatic heterocycles. The summed E-state index contributed by atoms with van der Waals surface area (Å²) < 4.78 is 27.1. The van der Waals surface area contributed by atoms with Crippen LogP contribution in [0, 0.1) is 5.41 Å². The van der Waals surface area contributed by atoms with Crippen molar-refractivity contribution in [2.45, 2.75) is 51.3 Å². The van der Waals surface area contributed by atoms with E-state index in [9.17, 15) is 8.42 Å². The molecule has 0 saturated carbocycles. The van der Waals surface area contributed by atoms with Crippen LogP contribution in [0.1, 0.15) is 46.5 Å². The minimum absolute atomic E-state index is 0.0289. The second kappa shape index (κ2) is 7.77. The van der Waals surface area contributed by atoms with Gasteiger partial charge in [0.15, 0.2) is 0 Å². The Hall–Kier alpha value is -0.360. The zero-order valence-electron chi connectivity index (χ0n) is 12.6. The fourth-order valence-electron chi connectivity index (χ4n) is 1.87. The number of pyridine rings is 1. The predicted octanol–water partition coefficient (Wildman–Crippen LogP) is 4.27. The highest BCUT2D eigenvalue weighted by atomic mass is 35.5. The lowest BCUT2D eigenvalue weighted by Gasteiger charge is -2.24. The van der Waals surface area contributed by atoms with Gasteiger partial charge in [0, 0.05) is 12.7 Å². The molecule has 7 heteroatoms. The molecular weight excluding hydrogens is 331 g/mol. The quantitative estimate of drug-likeness (QED) is 0.561. The van der Waals surface area contributed by atoms with Gasteiger partial charge < -0.3 is 0 Å². The average Bonchev–Trinajstić information content (AvgIpc) is 2.40. The Bertz CT molecular complexity index is 574. The molecule has 0 aliphatic rings. The van der Waals surface area contributed by atoms with Crippen LogP contribution in [-0.2, 0) is 10.0 Å². The average molecular weight is 353 g/mol. The molecule has 1 heterocycles. The molecule has 0 aliphatic heterocycles. The number of nitrogens with one attached hydrogen (secondary N) is 1. The topological polar surface area (TPSA) is 59.1 Å². The summed E-state index contributed by atoms with van der Waals surface area (Å²) in [5.41, 5.74) is -0.0914. The molecule has 0 amide bonds. The SMILES string of the molecule is CCCCCC(C)(C)CNS(=O)(=O)c1cnc(Cl)c(Cl)c1. The standard InChI is InChI=1S/C14H22Cl2N2O2S/c1-4-5-6-7-14(2,3)10-18-21(19,20)11-8-12(15)13(16)17-9-11/h8-9,18H,4-7,10H2,1-3H3. The highest BCUT2D eigenvalue weighted by molar-refractivity contribution is 7.89. The summed E-state index contributed by atoms with van der Waals surface area (Å²) >= 11 is 11.5. The van der Waals surface area contributed by atoms with Crippen molar-refractivity contribution in [1.29, 1.82) is 0 Å². The monoisotopic (exact) mass is 352 g/mol. The molecule has 0 aliphatic carbocycles. The van der Waals surface area contributed by atoms with Crippen LogP contribution in [0.25, 0.3) is 0 Å². The summed E-state index contributed by atoms with van der Waals surface area (Å²) in [6, 6.07) is 1.31. The van der Waals surface area contributed by atoms with Crippen LogP contribution in [0.2, 0.25) is 10.2 Å². The van der Waals surface area contributed by atoms with Crippen molar-refractivity contribution in [3.63, 3.8) is 0 Å². The predicted molar refractivity (Wildman–Crippen MR) is 87.4 cm³/mol. The van der Waals surface area contributed by atoms with E-state index >= 15 is 0 Å². The maximum absolute atomic E-state index is 12.2. The summed E-state index contributed by atoms with van der Waals surface area (Å²) in [5, 5.41) is 0.220. The van der Waals surface area contributed by atoms with Gasteiger partial charge in [-0.2, -0.15) is 0 Å². The fourth-order valence-corrected chi connectivity index (χ4v) is 3.41. The van der Waals surface area contributed by atoms with E-state index < -0.39 is 10.0 Å². The number of aromatic nitrogens is 1. The van der Waals surface area contributed by atoms with Crippen molar-refractivity contribution in [2.24, 2.45) is 5.41 Å². The molecule has 0 saturated heterocycles. The number of halogens is 2. The number of unbranched alkanes of at least 4 members (excludes halogenated alkanes) is 2. The molecular formula is C14H22Cl2N2O2S. The van der Waals surface area contributed by atoms with Gasteiger partial charge in [-0.15, -0.1) is 0 Å². The maximum Gasteiger partial charge on any atom is 0.242 e. The van der Waals surface area contributed by atoms with Crippen molar-refractivity contribution in [3.05, 3.63) is 22.4 Å². The second-order valence-electron chi connectivity index (χ2n) is 5.89. The van der Waals surface area contributed by atoms with E-state index in [1.54, 1.807) is 0 Å². The molecule has 4 nitrogen and oxygen atoms in total. The zero-order valence-corrected chi connectivity index (χ0v) is 14.9. The van der Waals surface area contributed by atoms with Crippen LogP contribution in [0.3, 0.4) is 0 Å². The Morgan fingerprint density at radius 1 is 1.29 bits per heavy atom. The van der Waals surface area contributed by atoms with Gasteiger partial charge in [-0.05, 0) is 17.9 Å². The van der Waals surface area contributed by atoms with E-state index in [-0.39, 0.29) is 20.5 Å². The number of sulfonamides is 1. The highest BCUT2D eigenvalue weighted by Gasteiger charge is 2.22. The summed E-state index contributed by atoms with van der Waals surface area (Å²) in [7, 11) is -3.62. The van der Waals surface area contributed by atoms with Crippen molar-refractivity contribution < 1.29 is 8.42 Å². The first kappa shape index (κ1) is 18.7. The largest absolute Gasteiger partial charge is 0.242 e. The maximum atomic E-state index is 12.2. The molecule has 0 fully saturated rings. The van der Waals surface area contributed by atoms with Crippen LogP contribution in [0.4, 0.5) is 0 Å². The number of rotatable bonds is 8. The lowest BCUT2D eigenvalue weighted by atomic mass is 9.87. The molecule has 0 radical (unpaired) electrons. The first-order valence-corrected chi connectivity index (χ1v) is 9.22. The fraction of sp³-hybridized carbons (Fsp3) is 0.643. The van der Waals surface area contributed by atoms with Gasteiger partial charge in [0.1, 0.15) is 10.0 Å². The minimum Gasteiger partial charge on any atom is -0.242 e. The molecule has 0 bridgehead atoms. The molecule has 1 aromatic rings. The summed E-state index contributed by atoms with van der Waals surface area (Å²) in [6.45, 7) is 6.63. The number of nitrogens with zero attached hydrogens (tertiary/aromatic N) is 1. The van der Waals surface area contributed by atoms with Gasteiger partial charge in [0.05, 0.1) is 5.02 Å². The van der Waals surface area contributed by atoms with E-state index in [1.807, 2.05) is 0 Å². The van der Waals surface area contributed by atoms with Crippen molar-refractivity contribution >= 4 is 33.2 Å². The molecule has 1 N–H and O–H groups in total. The van der Waals surface area contributed by atoms with Gasteiger partial charge in [0.25, 0.3) is 0 Å². The van der Waals surface area contributed by atoms with Crippen molar-refractivity contribution in [3.8, 4) is 0 Å². The van der Waals surface area contributed by atoms with Gasteiger partial charge in [-0.25, -0.2) is 18.1 Å². The third kappa shape index (κ3) is 6.10. The van der Waals surface area contributed by atoms with E-state index in [4.69, 9.17) is 23.2 Å². The van der Waals surface area contributed by atoms with E-state index in [0.717, 1.165) is 25.7 Å². The van der Waals surface area contributed by atoms with Gasteiger partial charge in [-0.1, -0.05) is 63.2 Å². The van der Waals surface area contributed by atoms with E-state index in [0.29, 0.717) is 6.54 Å². The Labute approximate surface area is 137 Å². The molecule has 0 aromatic carbocycles. The first-order chi connectivity index (χ1) is 9.68. The molecule has 21 heavy (non-hydrogen) atoms. The number of hydrogen-bond donors (Lipinski definition) is 1. The third-order valence-electron chi connectivity index (χ3n) is 3.28. The minimum atomic E-state index is -3.62. The Kier molecular flexibility index (Phi) is 6.91. The Morgan fingerprint density at radius 3 is 2.52 bits per heavy atom. The Balaban J connectivity index is 2.70. The van der Waals surface area contributed by atoms with Gasteiger partial charge >= 0.3 is 0 Å². The lowest BCUT2D eigenvalue weighted by molar-refractivity contribution is 0.320. The van der Waals surface area contributed by atoms with E-state index in [1.165, 1.54) is 12.3 Å². The normalized spacial score (nSPS) is 12.6. The molecule has 0 unspecified atom stereocenters. The van der Waals surface area contributed by atoms with E-state index in [2.05, 4.69) is 30.5 Å². The van der Waals surface area contributed by atoms with Crippen LogP contribution < -0.4 is 4.72 Å².